The molecule has 0 aliphatic heterocycles. The fourth-order valence-electron chi connectivity index (χ4n) is 3.08. The van der Waals surface area contributed by atoms with Gasteiger partial charge in [-0.15, -0.1) is 0 Å². The van der Waals surface area contributed by atoms with Gasteiger partial charge in [0.1, 0.15) is 0 Å². The van der Waals surface area contributed by atoms with Crippen LogP contribution in [0.4, 0.5) is 13.2 Å². The Kier molecular flexibility index (Phi) is 5.84. The van der Waals surface area contributed by atoms with Gasteiger partial charge in [-0.1, -0.05) is 36.5 Å². The molecule has 1 saturated carbocycles. The van der Waals surface area contributed by atoms with Crippen molar-refractivity contribution >= 4 is 29.3 Å². The summed E-state index contributed by atoms with van der Waals surface area (Å²) < 4.78 is 36.8. The quantitative estimate of drug-likeness (QED) is 0.538. The molecule has 1 fully saturated rings. The van der Waals surface area contributed by atoms with Crippen LogP contribution >= 0.6 is 23.2 Å². The Morgan fingerprint density at radius 2 is 1.64 bits per heavy atom. The molecule has 0 spiro atoms. The molecule has 1 aliphatic rings. The number of rotatable bonds is 3. The molecule has 5 heteroatoms. The second-order valence-corrected chi connectivity index (χ2v) is 6.71. The molecule has 0 aromatic heterocycles. The first kappa shape index (κ1) is 17.7. The summed E-state index contributed by atoms with van der Waals surface area (Å²) in [4.78, 5) is 0. The maximum absolute atomic E-state index is 12.3. The van der Waals surface area contributed by atoms with Crippen LogP contribution in [0.25, 0.3) is 6.08 Å². The highest BCUT2D eigenvalue weighted by molar-refractivity contribution is 6.37. The Hall–Kier alpha value is -0.670. The summed E-state index contributed by atoms with van der Waals surface area (Å²) in [6.07, 6.45) is 2.47. The number of halogens is 5. The monoisotopic (exact) mass is 350 g/mol. The predicted octanol–water partition coefficient (Wildman–Crippen LogP) is 7.25. The van der Waals surface area contributed by atoms with Crippen molar-refractivity contribution in [2.75, 3.05) is 0 Å². The van der Waals surface area contributed by atoms with E-state index in [-0.39, 0.29) is 21.7 Å². The third-order valence-corrected chi connectivity index (χ3v) is 5.06. The molecule has 122 valence electrons. The predicted molar refractivity (Wildman–Crippen MR) is 86.5 cm³/mol. The molecule has 0 nitrogen and oxygen atoms in total. The highest BCUT2D eigenvalue weighted by atomic mass is 35.5. The molecule has 0 bridgehead atoms. The van der Waals surface area contributed by atoms with Gasteiger partial charge in [0.05, 0.1) is 0 Å². The molecule has 1 aromatic rings. The zero-order valence-electron chi connectivity index (χ0n) is 12.4. The maximum Gasteiger partial charge on any atom is 0.409 e. The van der Waals surface area contributed by atoms with Gasteiger partial charge < -0.3 is 0 Å². The minimum absolute atomic E-state index is 0.159. The van der Waals surface area contributed by atoms with Gasteiger partial charge in [-0.3, -0.25) is 0 Å². The Bertz CT molecular complexity index is 518. The van der Waals surface area contributed by atoms with Crippen molar-refractivity contribution in [1.82, 2.24) is 0 Å². The SMILES string of the molecule is CCC1CCC(c2cc(Cl)c(C=CC(F)(F)F)c(Cl)c2)CC1. The topological polar surface area (TPSA) is 0 Å². The zero-order valence-corrected chi connectivity index (χ0v) is 13.9. The molecule has 0 atom stereocenters. The Morgan fingerprint density at radius 3 is 2.09 bits per heavy atom. The lowest BCUT2D eigenvalue weighted by Crippen LogP contribution is -2.12. The average Bonchev–Trinajstić information content (AvgIpc) is 2.45. The van der Waals surface area contributed by atoms with E-state index in [2.05, 4.69) is 6.92 Å². The summed E-state index contributed by atoms with van der Waals surface area (Å²) in [5.41, 5.74) is 1.26. The van der Waals surface area contributed by atoms with Gasteiger partial charge in [-0.05, 0) is 61.3 Å². The molecular weight excluding hydrogens is 332 g/mol. The number of hydrogen-bond acceptors (Lipinski definition) is 0. The van der Waals surface area contributed by atoms with Crippen LogP contribution in [0, 0.1) is 5.92 Å². The first-order chi connectivity index (χ1) is 10.3. The fraction of sp³-hybridized carbons (Fsp3) is 0.529. The van der Waals surface area contributed by atoms with Crippen molar-refractivity contribution < 1.29 is 13.2 Å². The van der Waals surface area contributed by atoms with Crippen molar-refractivity contribution in [1.29, 1.82) is 0 Å². The van der Waals surface area contributed by atoms with E-state index in [1.54, 1.807) is 12.1 Å². The summed E-state index contributed by atoms with van der Waals surface area (Å²) >= 11 is 12.3. The normalized spacial score (nSPS) is 23.2. The van der Waals surface area contributed by atoms with E-state index in [1.807, 2.05) is 0 Å². The standard InChI is InChI=1S/C17H19Cl2F3/c1-2-11-3-5-12(6-4-11)13-9-15(18)14(16(19)10-13)7-8-17(20,21)22/h7-12H,2-6H2,1H3. The summed E-state index contributed by atoms with van der Waals surface area (Å²) in [5, 5.41) is 0.557. The lowest BCUT2D eigenvalue weighted by molar-refractivity contribution is -0.0790. The fourth-order valence-corrected chi connectivity index (χ4v) is 3.71. The van der Waals surface area contributed by atoms with Crippen LogP contribution in [0.1, 0.15) is 56.1 Å². The van der Waals surface area contributed by atoms with Crippen LogP contribution in [0.3, 0.4) is 0 Å². The van der Waals surface area contributed by atoms with E-state index < -0.39 is 6.18 Å². The summed E-state index contributed by atoms with van der Waals surface area (Å²) in [7, 11) is 0. The van der Waals surface area contributed by atoms with Gasteiger partial charge in [-0.25, -0.2) is 0 Å². The van der Waals surface area contributed by atoms with Crippen molar-refractivity contribution in [3.63, 3.8) is 0 Å². The molecule has 0 heterocycles. The second kappa shape index (κ2) is 7.27. The lowest BCUT2D eigenvalue weighted by atomic mass is 9.78. The Balaban J connectivity index is 2.18. The van der Waals surface area contributed by atoms with Gasteiger partial charge in [0, 0.05) is 21.7 Å². The minimum atomic E-state index is -4.37. The van der Waals surface area contributed by atoms with Crippen molar-refractivity contribution in [2.45, 2.75) is 51.1 Å². The number of hydrogen-bond donors (Lipinski definition) is 0. The molecule has 0 amide bonds. The third-order valence-electron chi connectivity index (χ3n) is 4.44. The van der Waals surface area contributed by atoms with Gasteiger partial charge in [0.2, 0.25) is 0 Å². The molecular formula is C17H19Cl2F3. The second-order valence-electron chi connectivity index (χ2n) is 5.90. The minimum Gasteiger partial charge on any atom is -0.167 e. The smallest absolute Gasteiger partial charge is 0.167 e. The van der Waals surface area contributed by atoms with Crippen molar-refractivity contribution in [3.8, 4) is 0 Å². The first-order valence-electron chi connectivity index (χ1n) is 7.55. The van der Waals surface area contributed by atoms with Gasteiger partial charge in [0.15, 0.2) is 0 Å². The lowest BCUT2D eigenvalue weighted by Gasteiger charge is -2.28. The average molecular weight is 351 g/mol. The number of benzene rings is 1. The summed E-state index contributed by atoms with van der Waals surface area (Å²) in [6.45, 7) is 2.21. The van der Waals surface area contributed by atoms with E-state index in [4.69, 9.17) is 23.2 Å². The molecule has 0 N–H and O–H groups in total. The van der Waals surface area contributed by atoms with Gasteiger partial charge >= 0.3 is 6.18 Å². The highest BCUT2D eigenvalue weighted by Gasteiger charge is 2.24. The van der Waals surface area contributed by atoms with E-state index in [0.717, 1.165) is 30.4 Å². The van der Waals surface area contributed by atoms with E-state index >= 15 is 0 Å². The van der Waals surface area contributed by atoms with E-state index in [9.17, 15) is 13.2 Å². The zero-order chi connectivity index (χ0) is 16.3. The van der Waals surface area contributed by atoms with Crippen LogP contribution in [-0.2, 0) is 0 Å². The molecule has 0 radical (unpaired) electrons. The first-order valence-corrected chi connectivity index (χ1v) is 8.30. The van der Waals surface area contributed by atoms with Crippen LogP contribution in [0.2, 0.25) is 10.0 Å². The molecule has 0 unspecified atom stereocenters. The van der Waals surface area contributed by atoms with Crippen LogP contribution in [0.5, 0.6) is 0 Å². The van der Waals surface area contributed by atoms with E-state index in [1.165, 1.54) is 19.3 Å². The number of alkyl halides is 3. The molecule has 1 aromatic carbocycles. The van der Waals surface area contributed by atoms with Gasteiger partial charge in [-0.2, -0.15) is 13.2 Å². The summed E-state index contributed by atoms with van der Waals surface area (Å²) in [5.74, 6) is 1.19. The van der Waals surface area contributed by atoms with E-state index in [0.29, 0.717) is 5.92 Å². The largest absolute Gasteiger partial charge is 0.409 e. The van der Waals surface area contributed by atoms with Crippen LogP contribution in [0.15, 0.2) is 18.2 Å². The number of allylic oxidation sites excluding steroid dienone is 1. The maximum atomic E-state index is 12.3. The third kappa shape index (κ3) is 4.66. The van der Waals surface area contributed by atoms with Crippen molar-refractivity contribution in [2.24, 2.45) is 5.92 Å². The Labute approximate surface area is 139 Å². The van der Waals surface area contributed by atoms with Crippen LogP contribution < -0.4 is 0 Å². The van der Waals surface area contributed by atoms with Gasteiger partial charge in [0.25, 0.3) is 0 Å². The van der Waals surface area contributed by atoms with Crippen molar-refractivity contribution in [3.05, 3.63) is 39.4 Å². The Morgan fingerprint density at radius 1 is 1.09 bits per heavy atom. The molecule has 2 rings (SSSR count). The molecule has 1 aliphatic carbocycles. The molecule has 22 heavy (non-hydrogen) atoms. The molecule has 0 saturated heterocycles. The highest BCUT2D eigenvalue weighted by Crippen LogP contribution is 2.40. The van der Waals surface area contributed by atoms with Crippen LogP contribution in [-0.4, -0.2) is 6.18 Å². The summed E-state index contributed by atoms with van der Waals surface area (Å²) in [6, 6.07) is 3.53.